The van der Waals surface area contributed by atoms with Gasteiger partial charge in [0.2, 0.25) is 5.95 Å². The SMILES string of the molecule is CN(C)c1nc(NC2CCC(NC(=O)N(S)Cc3ccccc3Cl)CC2)nc2ccccc12. The highest BCUT2D eigenvalue weighted by Crippen LogP contribution is 2.26. The van der Waals surface area contributed by atoms with Crippen molar-refractivity contribution in [1.29, 1.82) is 0 Å². The predicted octanol–water partition coefficient (Wildman–Crippen LogP) is 5.13. The summed E-state index contributed by atoms with van der Waals surface area (Å²) >= 11 is 10.5. The number of urea groups is 1. The van der Waals surface area contributed by atoms with E-state index in [4.69, 9.17) is 21.6 Å². The molecule has 9 heteroatoms. The number of para-hydroxylation sites is 1. The van der Waals surface area contributed by atoms with Gasteiger partial charge >= 0.3 is 6.03 Å². The normalized spacial score (nSPS) is 18.1. The quantitative estimate of drug-likeness (QED) is 0.423. The number of carbonyl (C=O) groups excluding carboxylic acids is 1. The van der Waals surface area contributed by atoms with Crippen LogP contribution in [0.4, 0.5) is 16.6 Å². The van der Waals surface area contributed by atoms with E-state index in [-0.39, 0.29) is 18.1 Å². The summed E-state index contributed by atoms with van der Waals surface area (Å²) in [6, 6.07) is 15.7. The van der Waals surface area contributed by atoms with E-state index >= 15 is 0 Å². The molecule has 1 heterocycles. The molecule has 3 aromatic rings. The van der Waals surface area contributed by atoms with Gasteiger partial charge in [0.15, 0.2) is 0 Å². The van der Waals surface area contributed by atoms with Crippen LogP contribution in [0.1, 0.15) is 31.2 Å². The number of fused-ring (bicyclic) bond motifs is 1. The number of hydrogen-bond acceptors (Lipinski definition) is 6. The van der Waals surface area contributed by atoms with Crippen LogP contribution in [0.5, 0.6) is 0 Å². The second-order valence-corrected chi connectivity index (χ2v) is 9.46. The fourth-order valence-corrected chi connectivity index (χ4v) is 4.54. The molecule has 1 fully saturated rings. The summed E-state index contributed by atoms with van der Waals surface area (Å²) in [5, 5.41) is 8.26. The molecule has 0 atom stereocenters. The van der Waals surface area contributed by atoms with E-state index in [2.05, 4.69) is 23.4 Å². The van der Waals surface area contributed by atoms with Crippen LogP contribution in [-0.4, -0.2) is 46.5 Å². The van der Waals surface area contributed by atoms with Crippen LogP contribution in [0, 0.1) is 0 Å². The summed E-state index contributed by atoms with van der Waals surface area (Å²) in [5.41, 5.74) is 1.79. The van der Waals surface area contributed by atoms with Gasteiger partial charge in [0.1, 0.15) is 5.82 Å². The van der Waals surface area contributed by atoms with Crippen molar-refractivity contribution in [2.75, 3.05) is 24.3 Å². The van der Waals surface area contributed by atoms with Crippen molar-refractivity contribution in [3.8, 4) is 0 Å². The van der Waals surface area contributed by atoms with Crippen molar-refractivity contribution in [2.45, 2.75) is 44.3 Å². The molecule has 0 spiro atoms. The second kappa shape index (κ2) is 10.5. The molecular weight excluding hydrogens is 456 g/mol. The summed E-state index contributed by atoms with van der Waals surface area (Å²) in [5.74, 6) is 1.54. The van der Waals surface area contributed by atoms with Crippen molar-refractivity contribution < 1.29 is 4.79 Å². The number of halogens is 1. The van der Waals surface area contributed by atoms with Crippen molar-refractivity contribution in [3.63, 3.8) is 0 Å². The fourth-order valence-electron chi connectivity index (χ4n) is 4.14. The van der Waals surface area contributed by atoms with Crippen molar-refractivity contribution >= 4 is 53.1 Å². The Morgan fingerprint density at radius 3 is 2.42 bits per heavy atom. The van der Waals surface area contributed by atoms with Gasteiger partial charge in [-0.25, -0.2) is 9.78 Å². The van der Waals surface area contributed by atoms with Gasteiger partial charge in [-0.2, -0.15) is 4.98 Å². The third kappa shape index (κ3) is 5.81. The molecule has 0 saturated heterocycles. The van der Waals surface area contributed by atoms with Crippen LogP contribution < -0.4 is 15.5 Å². The highest BCUT2D eigenvalue weighted by atomic mass is 35.5. The second-order valence-electron chi connectivity index (χ2n) is 8.57. The summed E-state index contributed by atoms with van der Waals surface area (Å²) < 4.78 is 1.37. The Labute approximate surface area is 205 Å². The number of rotatable bonds is 6. The van der Waals surface area contributed by atoms with Crippen LogP contribution in [0.15, 0.2) is 48.5 Å². The summed E-state index contributed by atoms with van der Waals surface area (Å²) in [6.07, 6.45) is 3.61. The molecule has 1 saturated carbocycles. The Balaban J connectivity index is 1.31. The maximum Gasteiger partial charge on any atom is 0.327 e. The molecule has 1 aliphatic carbocycles. The van der Waals surface area contributed by atoms with E-state index in [0.29, 0.717) is 17.5 Å². The van der Waals surface area contributed by atoms with Crippen molar-refractivity contribution in [1.82, 2.24) is 19.6 Å². The van der Waals surface area contributed by atoms with Crippen molar-refractivity contribution in [2.24, 2.45) is 0 Å². The van der Waals surface area contributed by atoms with E-state index in [1.165, 1.54) is 4.31 Å². The summed E-state index contributed by atoms with van der Waals surface area (Å²) in [4.78, 5) is 24.0. The monoisotopic (exact) mass is 484 g/mol. The molecule has 2 amide bonds. The Kier molecular flexibility index (Phi) is 7.45. The van der Waals surface area contributed by atoms with Crippen LogP contribution in [0.3, 0.4) is 0 Å². The first-order valence-electron chi connectivity index (χ1n) is 11.1. The van der Waals surface area contributed by atoms with E-state index in [1.807, 2.05) is 67.5 Å². The molecule has 0 bridgehead atoms. The molecule has 4 rings (SSSR count). The molecule has 174 valence electrons. The Hall–Kier alpha value is -2.71. The number of thiol groups is 1. The smallest absolute Gasteiger partial charge is 0.327 e. The number of aromatic nitrogens is 2. The van der Waals surface area contributed by atoms with Crippen LogP contribution in [0.2, 0.25) is 5.02 Å². The topological polar surface area (TPSA) is 73.4 Å². The maximum absolute atomic E-state index is 12.6. The number of nitrogens with one attached hydrogen (secondary N) is 2. The molecule has 1 aromatic heterocycles. The van der Waals surface area contributed by atoms with Gasteiger partial charge in [0, 0.05) is 36.6 Å². The lowest BCUT2D eigenvalue weighted by molar-refractivity contribution is 0.216. The molecule has 0 radical (unpaired) electrons. The highest BCUT2D eigenvalue weighted by molar-refractivity contribution is 7.78. The highest BCUT2D eigenvalue weighted by Gasteiger charge is 2.25. The summed E-state index contributed by atoms with van der Waals surface area (Å²) in [7, 11) is 3.98. The molecule has 2 aromatic carbocycles. The van der Waals surface area contributed by atoms with Crippen LogP contribution in [-0.2, 0) is 6.54 Å². The average Bonchev–Trinajstić information content (AvgIpc) is 2.81. The molecule has 0 unspecified atom stereocenters. The van der Waals surface area contributed by atoms with Crippen LogP contribution >= 0.6 is 24.4 Å². The summed E-state index contributed by atoms with van der Waals surface area (Å²) in [6.45, 7) is 0.346. The Bertz CT molecular complexity index is 1120. The van der Waals surface area contributed by atoms with Crippen LogP contribution in [0.25, 0.3) is 10.9 Å². The van der Waals surface area contributed by atoms with E-state index in [9.17, 15) is 4.79 Å². The maximum atomic E-state index is 12.6. The largest absolute Gasteiger partial charge is 0.362 e. The lowest BCUT2D eigenvalue weighted by Crippen LogP contribution is -2.44. The Morgan fingerprint density at radius 1 is 1.03 bits per heavy atom. The molecule has 0 aliphatic heterocycles. The molecule has 33 heavy (non-hydrogen) atoms. The molecular formula is C24H29ClN6OS. The standard InChI is InChI=1S/C24H29ClN6OS/c1-30(2)22-19-8-4-6-10-21(19)28-23(29-22)26-17-11-13-18(14-12-17)27-24(32)31(33)15-16-7-3-5-9-20(16)25/h3-10,17-18,33H,11-15H2,1-2H3,(H,27,32)(H,26,28,29). The van der Waals surface area contributed by atoms with E-state index < -0.39 is 0 Å². The molecule has 1 aliphatic rings. The fraction of sp³-hybridized carbons (Fsp3) is 0.375. The Morgan fingerprint density at radius 2 is 1.70 bits per heavy atom. The molecule has 7 nitrogen and oxygen atoms in total. The number of hydrogen-bond donors (Lipinski definition) is 3. The lowest BCUT2D eigenvalue weighted by atomic mass is 9.91. The number of nitrogens with zero attached hydrogens (tertiary/aromatic N) is 4. The van der Waals surface area contributed by atoms with E-state index in [0.717, 1.165) is 48.0 Å². The number of benzene rings is 2. The van der Waals surface area contributed by atoms with Gasteiger partial charge in [0.05, 0.1) is 12.1 Å². The zero-order chi connectivity index (χ0) is 23.4. The minimum Gasteiger partial charge on any atom is -0.362 e. The first kappa shape index (κ1) is 23.4. The zero-order valence-corrected chi connectivity index (χ0v) is 20.5. The third-order valence-electron chi connectivity index (χ3n) is 5.91. The van der Waals surface area contributed by atoms with Gasteiger partial charge in [-0.3, -0.25) is 4.31 Å². The lowest BCUT2D eigenvalue weighted by Gasteiger charge is -2.31. The third-order valence-corrected chi connectivity index (χ3v) is 6.60. The van der Waals surface area contributed by atoms with Gasteiger partial charge in [-0.15, -0.1) is 0 Å². The van der Waals surface area contributed by atoms with Gasteiger partial charge in [0.25, 0.3) is 0 Å². The predicted molar refractivity (Wildman–Crippen MR) is 138 cm³/mol. The minimum atomic E-state index is -0.205. The van der Waals surface area contributed by atoms with E-state index in [1.54, 1.807) is 0 Å². The number of carbonyl (C=O) groups is 1. The van der Waals surface area contributed by atoms with Gasteiger partial charge in [-0.05, 0) is 49.4 Å². The van der Waals surface area contributed by atoms with Crippen molar-refractivity contribution in [3.05, 3.63) is 59.1 Å². The first-order valence-corrected chi connectivity index (χ1v) is 11.9. The van der Waals surface area contributed by atoms with Gasteiger partial charge in [-0.1, -0.05) is 54.7 Å². The number of anilines is 2. The first-order chi connectivity index (χ1) is 15.9. The average molecular weight is 485 g/mol. The molecule has 2 N–H and O–H groups in total. The number of amides is 2. The zero-order valence-electron chi connectivity index (χ0n) is 18.8. The minimum absolute atomic E-state index is 0.117. The van der Waals surface area contributed by atoms with Gasteiger partial charge < -0.3 is 15.5 Å².